The van der Waals surface area contributed by atoms with Crippen molar-refractivity contribution in [2.24, 2.45) is 0 Å². The lowest BCUT2D eigenvalue weighted by Crippen LogP contribution is -2.28. The summed E-state index contributed by atoms with van der Waals surface area (Å²) >= 11 is 5.89. The summed E-state index contributed by atoms with van der Waals surface area (Å²) in [5, 5.41) is 6.69. The second-order valence-electron chi connectivity index (χ2n) is 5.10. The highest BCUT2D eigenvalue weighted by molar-refractivity contribution is 6.30. The Morgan fingerprint density at radius 2 is 1.95 bits per heavy atom. The molecule has 0 heterocycles. The molecule has 0 bridgehead atoms. The number of anilines is 1. The maximum Gasteiger partial charge on any atom is 0.238 e. The van der Waals surface area contributed by atoms with Crippen molar-refractivity contribution in [1.29, 1.82) is 0 Å². The number of carbonyl (C=O) groups excluding carboxylic acids is 1. The number of rotatable bonds is 5. The van der Waals surface area contributed by atoms with Gasteiger partial charge in [-0.25, -0.2) is 0 Å². The molecule has 110 valence electrons. The molecular formula is C17H19ClN2O. The summed E-state index contributed by atoms with van der Waals surface area (Å²) in [5.41, 5.74) is 4.14. The van der Waals surface area contributed by atoms with E-state index in [1.807, 2.05) is 31.2 Å². The fourth-order valence-corrected chi connectivity index (χ4v) is 2.33. The summed E-state index contributed by atoms with van der Waals surface area (Å²) in [6.07, 6.45) is 0. The second kappa shape index (κ2) is 7.25. The van der Waals surface area contributed by atoms with E-state index >= 15 is 0 Å². The van der Waals surface area contributed by atoms with Crippen LogP contribution in [0.3, 0.4) is 0 Å². The summed E-state index contributed by atoms with van der Waals surface area (Å²) in [4.78, 5) is 11.9. The number of aryl methyl sites for hydroxylation is 2. The van der Waals surface area contributed by atoms with Crippen LogP contribution >= 0.6 is 11.6 Å². The van der Waals surface area contributed by atoms with Crippen molar-refractivity contribution < 1.29 is 4.79 Å². The molecule has 0 aliphatic heterocycles. The molecule has 2 N–H and O–H groups in total. The fourth-order valence-electron chi connectivity index (χ4n) is 2.10. The third kappa shape index (κ3) is 4.88. The van der Waals surface area contributed by atoms with Crippen molar-refractivity contribution in [3.05, 3.63) is 64.2 Å². The first-order valence-corrected chi connectivity index (χ1v) is 7.24. The molecule has 4 heteroatoms. The number of nitrogens with one attached hydrogen (secondary N) is 2. The first-order valence-electron chi connectivity index (χ1n) is 6.87. The van der Waals surface area contributed by atoms with Gasteiger partial charge in [0.2, 0.25) is 5.91 Å². The minimum absolute atomic E-state index is 0.0620. The molecule has 0 aromatic heterocycles. The molecule has 2 rings (SSSR count). The molecule has 0 unspecified atom stereocenters. The molecular weight excluding hydrogens is 284 g/mol. The van der Waals surface area contributed by atoms with Gasteiger partial charge in [0.15, 0.2) is 0 Å². The number of hydrogen-bond acceptors (Lipinski definition) is 2. The van der Waals surface area contributed by atoms with E-state index in [0.29, 0.717) is 11.6 Å². The standard InChI is InChI=1S/C17H19ClN2O/c1-12-4-3-5-14(8-12)10-19-11-17(21)20-16-7-6-15(18)9-13(16)2/h3-9,19H,10-11H2,1-2H3,(H,20,21). The molecule has 0 atom stereocenters. The predicted octanol–water partition coefficient (Wildman–Crippen LogP) is 3.69. The second-order valence-corrected chi connectivity index (χ2v) is 5.54. The topological polar surface area (TPSA) is 41.1 Å². The lowest BCUT2D eigenvalue weighted by molar-refractivity contribution is -0.115. The molecule has 0 radical (unpaired) electrons. The van der Waals surface area contributed by atoms with Gasteiger partial charge in [-0.2, -0.15) is 0 Å². The Bertz CT molecular complexity index is 640. The quantitative estimate of drug-likeness (QED) is 0.884. The van der Waals surface area contributed by atoms with E-state index in [1.165, 1.54) is 11.1 Å². The van der Waals surface area contributed by atoms with Gasteiger partial charge in [0.05, 0.1) is 6.54 Å². The summed E-state index contributed by atoms with van der Waals surface area (Å²) in [5.74, 6) is -0.0620. The molecule has 0 aliphatic rings. The van der Waals surface area contributed by atoms with Gasteiger partial charge in [-0.05, 0) is 43.2 Å². The van der Waals surface area contributed by atoms with Gasteiger partial charge in [-0.15, -0.1) is 0 Å². The molecule has 0 fully saturated rings. The average molecular weight is 303 g/mol. The number of amides is 1. The maximum absolute atomic E-state index is 11.9. The van der Waals surface area contributed by atoms with E-state index in [9.17, 15) is 4.79 Å². The number of hydrogen-bond donors (Lipinski definition) is 2. The van der Waals surface area contributed by atoms with E-state index in [1.54, 1.807) is 6.07 Å². The van der Waals surface area contributed by atoms with Crippen LogP contribution in [-0.4, -0.2) is 12.5 Å². The molecule has 3 nitrogen and oxygen atoms in total. The van der Waals surface area contributed by atoms with Gasteiger partial charge in [-0.3, -0.25) is 4.79 Å². The Morgan fingerprint density at radius 1 is 1.14 bits per heavy atom. The van der Waals surface area contributed by atoms with Gasteiger partial charge in [-0.1, -0.05) is 41.4 Å². The van der Waals surface area contributed by atoms with Crippen molar-refractivity contribution in [3.63, 3.8) is 0 Å². The van der Waals surface area contributed by atoms with Crippen LogP contribution in [0.4, 0.5) is 5.69 Å². The fraction of sp³-hybridized carbons (Fsp3) is 0.235. The molecule has 0 saturated carbocycles. The highest BCUT2D eigenvalue weighted by Crippen LogP contribution is 2.19. The van der Waals surface area contributed by atoms with Gasteiger partial charge in [0, 0.05) is 17.3 Å². The number of carbonyl (C=O) groups is 1. The van der Waals surface area contributed by atoms with Crippen LogP contribution in [0.5, 0.6) is 0 Å². The minimum atomic E-state index is -0.0620. The van der Waals surface area contributed by atoms with Crippen LogP contribution < -0.4 is 10.6 Å². The van der Waals surface area contributed by atoms with Gasteiger partial charge < -0.3 is 10.6 Å². The van der Waals surface area contributed by atoms with E-state index in [2.05, 4.69) is 29.7 Å². The molecule has 2 aromatic carbocycles. The molecule has 1 amide bonds. The van der Waals surface area contributed by atoms with Crippen LogP contribution in [0.1, 0.15) is 16.7 Å². The zero-order chi connectivity index (χ0) is 15.2. The summed E-state index contributed by atoms with van der Waals surface area (Å²) in [7, 11) is 0. The summed E-state index contributed by atoms with van der Waals surface area (Å²) in [6, 6.07) is 13.6. The number of halogens is 1. The Balaban J connectivity index is 1.82. The summed E-state index contributed by atoms with van der Waals surface area (Å²) < 4.78 is 0. The SMILES string of the molecule is Cc1cccc(CNCC(=O)Nc2ccc(Cl)cc2C)c1. The van der Waals surface area contributed by atoms with E-state index in [4.69, 9.17) is 11.6 Å². The Hall–Kier alpha value is -1.84. The Labute approximate surface area is 130 Å². The molecule has 21 heavy (non-hydrogen) atoms. The van der Waals surface area contributed by atoms with Crippen molar-refractivity contribution in [2.75, 3.05) is 11.9 Å². The van der Waals surface area contributed by atoms with Crippen molar-refractivity contribution in [1.82, 2.24) is 5.32 Å². The highest BCUT2D eigenvalue weighted by Gasteiger charge is 2.05. The summed E-state index contributed by atoms with van der Waals surface area (Å²) in [6.45, 7) is 4.92. The third-order valence-electron chi connectivity index (χ3n) is 3.16. The Morgan fingerprint density at radius 3 is 2.67 bits per heavy atom. The molecule has 2 aromatic rings. The van der Waals surface area contributed by atoms with E-state index in [-0.39, 0.29) is 12.5 Å². The van der Waals surface area contributed by atoms with Gasteiger partial charge in [0.1, 0.15) is 0 Å². The lowest BCUT2D eigenvalue weighted by atomic mass is 10.1. The highest BCUT2D eigenvalue weighted by atomic mass is 35.5. The van der Waals surface area contributed by atoms with Crippen LogP contribution in [-0.2, 0) is 11.3 Å². The van der Waals surface area contributed by atoms with Crippen LogP contribution in [0.15, 0.2) is 42.5 Å². The average Bonchev–Trinajstić information content (AvgIpc) is 2.42. The third-order valence-corrected chi connectivity index (χ3v) is 3.39. The molecule has 0 spiro atoms. The predicted molar refractivity (Wildman–Crippen MR) is 87.7 cm³/mol. The number of benzene rings is 2. The maximum atomic E-state index is 11.9. The first kappa shape index (κ1) is 15.5. The van der Waals surface area contributed by atoms with Crippen LogP contribution in [0.25, 0.3) is 0 Å². The van der Waals surface area contributed by atoms with Crippen LogP contribution in [0.2, 0.25) is 5.02 Å². The Kier molecular flexibility index (Phi) is 5.37. The van der Waals surface area contributed by atoms with E-state index in [0.717, 1.165) is 11.3 Å². The smallest absolute Gasteiger partial charge is 0.238 e. The zero-order valence-electron chi connectivity index (χ0n) is 12.2. The molecule has 0 aliphatic carbocycles. The molecule has 0 saturated heterocycles. The minimum Gasteiger partial charge on any atom is -0.325 e. The van der Waals surface area contributed by atoms with Crippen molar-refractivity contribution in [3.8, 4) is 0 Å². The van der Waals surface area contributed by atoms with Crippen LogP contribution in [0, 0.1) is 13.8 Å². The van der Waals surface area contributed by atoms with Gasteiger partial charge >= 0.3 is 0 Å². The van der Waals surface area contributed by atoms with Crippen molar-refractivity contribution >= 4 is 23.2 Å². The van der Waals surface area contributed by atoms with E-state index < -0.39 is 0 Å². The monoisotopic (exact) mass is 302 g/mol. The zero-order valence-corrected chi connectivity index (χ0v) is 13.0. The normalized spacial score (nSPS) is 10.4. The first-order chi connectivity index (χ1) is 10.0. The van der Waals surface area contributed by atoms with Crippen molar-refractivity contribution in [2.45, 2.75) is 20.4 Å². The lowest BCUT2D eigenvalue weighted by Gasteiger charge is -2.09. The largest absolute Gasteiger partial charge is 0.325 e. The van der Waals surface area contributed by atoms with Gasteiger partial charge in [0.25, 0.3) is 0 Å².